The molecular weight excluding hydrogens is 373 g/mol. The number of fused-ring (bicyclic) bond motifs is 1. The molecular formula is C20H17F3N2O3. The van der Waals surface area contributed by atoms with Gasteiger partial charge in [-0.2, -0.15) is 13.2 Å². The second-order valence-electron chi connectivity index (χ2n) is 6.75. The minimum atomic E-state index is -4.46. The highest BCUT2D eigenvalue weighted by molar-refractivity contribution is 5.88. The summed E-state index contributed by atoms with van der Waals surface area (Å²) >= 11 is 0. The molecule has 0 saturated carbocycles. The van der Waals surface area contributed by atoms with Crippen molar-refractivity contribution in [2.75, 3.05) is 13.2 Å². The molecule has 1 aromatic heterocycles. The average molecular weight is 390 g/mol. The number of halogens is 3. The van der Waals surface area contributed by atoms with Crippen LogP contribution in [0.25, 0.3) is 16.7 Å². The van der Waals surface area contributed by atoms with Crippen molar-refractivity contribution in [2.45, 2.75) is 24.9 Å². The second-order valence-corrected chi connectivity index (χ2v) is 6.75. The fraction of sp³-hybridized carbons (Fsp3) is 0.300. The number of alkyl halides is 3. The van der Waals surface area contributed by atoms with Crippen molar-refractivity contribution in [3.8, 4) is 5.69 Å². The molecule has 0 spiro atoms. The van der Waals surface area contributed by atoms with Gasteiger partial charge < -0.3 is 9.84 Å². The summed E-state index contributed by atoms with van der Waals surface area (Å²) in [6.45, 7) is 1.10. The molecule has 1 saturated heterocycles. The van der Waals surface area contributed by atoms with Gasteiger partial charge in [-0.15, -0.1) is 0 Å². The summed E-state index contributed by atoms with van der Waals surface area (Å²) in [5.41, 5.74) is 0.643. The molecule has 4 rings (SSSR count). The Morgan fingerprint density at radius 2 is 1.89 bits per heavy atom. The number of benzene rings is 2. The van der Waals surface area contributed by atoms with E-state index in [9.17, 15) is 23.1 Å². The quantitative estimate of drug-likeness (QED) is 0.708. The molecule has 0 bridgehead atoms. The first-order valence-corrected chi connectivity index (χ1v) is 8.85. The van der Waals surface area contributed by atoms with Gasteiger partial charge in [-0.3, -0.25) is 4.57 Å². The van der Waals surface area contributed by atoms with E-state index < -0.39 is 17.7 Å². The maximum absolute atomic E-state index is 13.1. The van der Waals surface area contributed by atoms with Crippen molar-refractivity contribution >= 4 is 17.0 Å². The summed E-state index contributed by atoms with van der Waals surface area (Å²) in [5, 5.41) is 9.30. The maximum Gasteiger partial charge on any atom is 0.416 e. The number of imidazole rings is 1. The standard InChI is InChI=1S/C20H17F3N2O3/c21-20(22,23)14-4-5-17-16(11-14)24-18(12-6-8-28-9-7-12)25(17)15-3-1-2-13(10-15)19(26)27/h1-5,10-12H,6-9H2,(H,26,27). The minimum absolute atomic E-state index is 0.0176. The summed E-state index contributed by atoms with van der Waals surface area (Å²) in [4.78, 5) is 15.9. The van der Waals surface area contributed by atoms with E-state index in [1.807, 2.05) is 0 Å². The van der Waals surface area contributed by atoms with Crippen LogP contribution in [0, 0.1) is 0 Å². The number of carbonyl (C=O) groups is 1. The van der Waals surface area contributed by atoms with Crippen LogP contribution in [-0.2, 0) is 10.9 Å². The van der Waals surface area contributed by atoms with Crippen molar-refractivity contribution in [3.05, 3.63) is 59.4 Å². The summed E-state index contributed by atoms with van der Waals surface area (Å²) in [7, 11) is 0. The van der Waals surface area contributed by atoms with Gasteiger partial charge in [0.05, 0.1) is 22.2 Å². The van der Waals surface area contributed by atoms with E-state index in [0.29, 0.717) is 43.1 Å². The molecule has 1 N–H and O–H groups in total. The topological polar surface area (TPSA) is 64.3 Å². The number of rotatable bonds is 3. The lowest BCUT2D eigenvalue weighted by Gasteiger charge is -2.22. The number of aromatic carboxylic acids is 1. The van der Waals surface area contributed by atoms with E-state index in [1.54, 1.807) is 16.7 Å². The molecule has 1 aliphatic rings. The van der Waals surface area contributed by atoms with Crippen LogP contribution in [0.5, 0.6) is 0 Å². The van der Waals surface area contributed by atoms with Crippen LogP contribution in [0.1, 0.15) is 40.5 Å². The van der Waals surface area contributed by atoms with Crippen LogP contribution in [0.4, 0.5) is 13.2 Å². The van der Waals surface area contributed by atoms with Gasteiger partial charge in [-0.05, 0) is 49.2 Å². The number of nitrogens with zero attached hydrogens (tertiary/aromatic N) is 2. The number of carboxylic acid groups (broad SMARTS) is 1. The van der Waals surface area contributed by atoms with Crippen LogP contribution in [0.15, 0.2) is 42.5 Å². The van der Waals surface area contributed by atoms with E-state index in [0.717, 1.165) is 12.1 Å². The molecule has 146 valence electrons. The molecule has 8 heteroatoms. The summed E-state index contributed by atoms with van der Waals surface area (Å²) < 4.78 is 46.5. The largest absolute Gasteiger partial charge is 0.478 e. The minimum Gasteiger partial charge on any atom is -0.478 e. The van der Waals surface area contributed by atoms with E-state index in [4.69, 9.17) is 4.74 Å². The van der Waals surface area contributed by atoms with Gasteiger partial charge >= 0.3 is 12.1 Å². The van der Waals surface area contributed by atoms with Crippen molar-refractivity contribution < 1.29 is 27.8 Å². The van der Waals surface area contributed by atoms with Crippen LogP contribution in [0.2, 0.25) is 0 Å². The Balaban J connectivity index is 1.93. The number of hydrogen-bond acceptors (Lipinski definition) is 3. The number of aromatic nitrogens is 2. The Morgan fingerprint density at radius 3 is 2.57 bits per heavy atom. The Labute approximate surface area is 158 Å². The lowest BCUT2D eigenvalue weighted by Crippen LogP contribution is -2.17. The molecule has 0 amide bonds. The first-order valence-electron chi connectivity index (χ1n) is 8.85. The van der Waals surface area contributed by atoms with Gasteiger partial charge in [0, 0.05) is 24.8 Å². The first-order chi connectivity index (χ1) is 13.3. The third-order valence-electron chi connectivity index (χ3n) is 4.95. The molecule has 1 fully saturated rings. The van der Waals surface area contributed by atoms with Crippen LogP contribution < -0.4 is 0 Å². The number of hydrogen-bond donors (Lipinski definition) is 1. The predicted octanol–water partition coefficient (Wildman–Crippen LogP) is 4.64. The van der Waals surface area contributed by atoms with Gasteiger partial charge in [0.25, 0.3) is 0 Å². The normalized spacial score (nSPS) is 15.8. The zero-order chi connectivity index (χ0) is 19.9. The van der Waals surface area contributed by atoms with Crippen molar-refractivity contribution in [1.82, 2.24) is 9.55 Å². The average Bonchev–Trinajstić information content (AvgIpc) is 3.07. The van der Waals surface area contributed by atoms with Gasteiger partial charge in [0.1, 0.15) is 5.82 Å². The molecule has 3 aromatic rings. The highest BCUT2D eigenvalue weighted by Gasteiger charge is 2.32. The molecule has 28 heavy (non-hydrogen) atoms. The zero-order valence-corrected chi connectivity index (χ0v) is 14.7. The molecule has 5 nitrogen and oxygen atoms in total. The van der Waals surface area contributed by atoms with Crippen LogP contribution in [-0.4, -0.2) is 33.8 Å². The zero-order valence-electron chi connectivity index (χ0n) is 14.7. The summed E-state index contributed by atoms with van der Waals surface area (Å²) in [6.07, 6.45) is -3.05. The van der Waals surface area contributed by atoms with Gasteiger partial charge in [0.15, 0.2) is 0 Å². The second kappa shape index (κ2) is 6.94. The van der Waals surface area contributed by atoms with Gasteiger partial charge in [-0.25, -0.2) is 9.78 Å². The molecule has 0 aliphatic carbocycles. The van der Waals surface area contributed by atoms with Crippen molar-refractivity contribution in [1.29, 1.82) is 0 Å². The predicted molar refractivity (Wildman–Crippen MR) is 95.8 cm³/mol. The fourth-order valence-electron chi connectivity index (χ4n) is 3.55. The molecule has 2 heterocycles. The Hall–Kier alpha value is -2.87. The fourth-order valence-corrected chi connectivity index (χ4v) is 3.55. The van der Waals surface area contributed by atoms with E-state index in [2.05, 4.69) is 4.98 Å². The Bertz CT molecular complexity index is 1040. The van der Waals surface area contributed by atoms with Crippen LogP contribution >= 0.6 is 0 Å². The lowest BCUT2D eigenvalue weighted by atomic mass is 9.99. The maximum atomic E-state index is 13.1. The van der Waals surface area contributed by atoms with E-state index >= 15 is 0 Å². The Morgan fingerprint density at radius 1 is 1.14 bits per heavy atom. The number of ether oxygens (including phenoxy) is 1. The highest BCUT2D eigenvalue weighted by Crippen LogP contribution is 2.35. The third kappa shape index (κ3) is 3.35. The van der Waals surface area contributed by atoms with Crippen LogP contribution in [0.3, 0.4) is 0 Å². The van der Waals surface area contributed by atoms with E-state index in [1.165, 1.54) is 18.2 Å². The van der Waals surface area contributed by atoms with Gasteiger partial charge in [-0.1, -0.05) is 6.07 Å². The molecule has 0 radical (unpaired) electrons. The monoisotopic (exact) mass is 390 g/mol. The molecule has 0 atom stereocenters. The third-order valence-corrected chi connectivity index (χ3v) is 4.95. The summed E-state index contributed by atoms with van der Waals surface area (Å²) in [6, 6.07) is 9.77. The molecule has 1 aliphatic heterocycles. The smallest absolute Gasteiger partial charge is 0.416 e. The van der Waals surface area contributed by atoms with Gasteiger partial charge in [0.2, 0.25) is 0 Å². The number of carboxylic acids is 1. The molecule has 0 unspecified atom stereocenters. The van der Waals surface area contributed by atoms with Crippen molar-refractivity contribution in [2.24, 2.45) is 0 Å². The lowest BCUT2D eigenvalue weighted by molar-refractivity contribution is -0.137. The SMILES string of the molecule is O=C(O)c1cccc(-n2c(C3CCOCC3)nc3cc(C(F)(F)F)ccc32)c1. The van der Waals surface area contributed by atoms with Crippen molar-refractivity contribution in [3.63, 3.8) is 0 Å². The molecule has 2 aromatic carbocycles. The summed E-state index contributed by atoms with van der Waals surface area (Å²) in [5.74, 6) is -0.428. The highest BCUT2D eigenvalue weighted by atomic mass is 19.4. The van der Waals surface area contributed by atoms with E-state index in [-0.39, 0.29) is 17.0 Å². The Kier molecular flexibility index (Phi) is 4.58. The first kappa shape index (κ1) is 18.5.